The van der Waals surface area contributed by atoms with Gasteiger partial charge in [-0.1, -0.05) is 71.2 Å². The smallest absolute Gasteiger partial charge is 0.335 e. The van der Waals surface area contributed by atoms with E-state index < -0.39 is 5.97 Å². The van der Waals surface area contributed by atoms with Crippen LogP contribution in [0.4, 0.5) is 0 Å². The van der Waals surface area contributed by atoms with E-state index in [0.717, 1.165) is 43.2 Å². The van der Waals surface area contributed by atoms with Crippen molar-refractivity contribution in [2.75, 3.05) is 18.8 Å². The van der Waals surface area contributed by atoms with E-state index in [1.165, 1.54) is 81.1 Å². The van der Waals surface area contributed by atoms with E-state index in [4.69, 9.17) is 0 Å². The van der Waals surface area contributed by atoms with Crippen molar-refractivity contribution in [1.82, 2.24) is 10.0 Å². The molecule has 0 aromatic heterocycles. The maximum atomic E-state index is 11.5. The second-order valence-corrected chi connectivity index (χ2v) is 16.8. The number of nitrogens with one attached hydrogen (secondary N) is 2. The molecule has 0 heterocycles. The molecule has 5 aliphatic rings. The fourth-order valence-corrected chi connectivity index (χ4v) is 12.6. The van der Waals surface area contributed by atoms with Crippen molar-refractivity contribution in [1.29, 1.82) is 0 Å². The third kappa shape index (κ3) is 4.92. The summed E-state index contributed by atoms with van der Waals surface area (Å²) in [4.78, 5) is 11.5. The second-order valence-electron chi connectivity index (χ2n) is 15.8. The molecule has 0 aliphatic heterocycles. The summed E-state index contributed by atoms with van der Waals surface area (Å²) in [6.45, 7) is 14.8. The average molecular weight is 593 g/mol. The second kappa shape index (κ2) is 11.6. The largest absolute Gasteiger partial charge is 0.478 e. The zero-order valence-electron chi connectivity index (χ0n) is 26.9. The normalized spacial score (nSPS) is 40.3. The number of benzene rings is 1. The third-order valence-corrected chi connectivity index (χ3v) is 14.7. The van der Waals surface area contributed by atoms with Gasteiger partial charge in [0.05, 0.1) is 5.56 Å². The van der Waals surface area contributed by atoms with Gasteiger partial charge in [-0.05, 0) is 133 Å². The Morgan fingerprint density at radius 3 is 2.43 bits per heavy atom. The number of hydrogen-bond donors (Lipinski definition) is 3. The van der Waals surface area contributed by atoms with Gasteiger partial charge >= 0.3 is 5.97 Å². The zero-order chi connectivity index (χ0) is 29.8. The number of fused-ring (bicyclic) bond motifs is 7. The van der Waals surface area contributed by atoms with E-state index in [2.05, 4.69) is 50.7 Å². The van der Waals surface area contributed by atoms with E-state index in [0.29, 0.717) is 27.9 Å². The zero-order valence-corrected chi connectivity index (χ0v) is 27.8. The number of carbonyl (C=O) groups is 1. The molecule has 5 heteroatoms. The van der Waals surface area contributed by atoms with Crippen LogP contribution in [-0.4, -0.2) is 35.5 Å². The summed E-state index contributed by atoms with van der Waals surface area (Å²) < 4.78 is 3.59. The SMILES string of the molecule is CCCSNCCN[C@]12CCCC1[C@H]1CCC3[C@@](C)(CCC4C(C)(C)C(c5ccc(C(=O)O)cc5)=CC[C@@]43C)C1CC2. The Morgan fingerprint density at radius 1 is 0.905 bits per heavy atom. The summed E-state index contributed by atoms with van der Waals surface area (Å²) in [5.41, 5.74) is 4.27. The van der Waals surface area contributed by atoms with Crippen LogP contribution < -0.4 is 10.0 Å². The first-order valence-corrected chi connectivity index (χ1v) is 18.2. The molecule has 8 atom stereocenters. The highest BCUT2D eigenvalue weighted by molar-refractivity contribution is 7.97. The van der Waals surface area contributed by atoms with Gasteiger partial charge in [-0.2, -0.15) is 0 Å². The first-order valence-electron chi connectivity index (χ1n) is 17.2. The maximum absolute atomic E-state index is 11.5. The Morgan fingerprint density at radius 2 is 1.69 bits per heavy atom. The Labute approximate surface area is 259 Å². The van der Waals surface area contributed by atoms with Crippen LogP contribution in [0.15, 0.2) is 30.3 Å². The molecule has 6 rings (SSSR count). The molecule has 232 valence electrons. The standard InChI is InChI=1S/C37H56N2O2S/c1-6-24-42-39-23-22-38-37-18-7-8-30(37)27-13-14-32-35(4,29(27)16-21-37)20-17-31-34(2,3)28(15-19-36(31,32)5)25-9-11-26(12-10-25)33(40)41/h9-12,15,27,29-32,38-39H,6-8,13-14,16-24H2,1-5H3,(H,40,41)/t27-,29?,30?,31?,32?,35-,36-,37-/m0/s1. The Balaban J connectivity index is 1.20. The molecule has 0 spiro atoms. The molecule has 4 saturated carbocycles. The van der Waals surface area contributed by atoms with E-state index in [9.17, 15) is 9.90 Å². The minimum atomic E-state index is -0.847. The van der Waals surface area contributed by atoms with Gasteiger partial charge in [0.1, 0.15) is 0 Å². The quantitative estimate of drug-likeness (QED) is 0.198. The molecule has 42 heavy (non-hydrogen) atoms. The molecular weight excluding hydrogens is 536 g/mol. The van der Waals surface area contributed by atoms with Crippen LogP contribution in [0.1, 0.15) is 121 Å². The lowest BCUT2D eigenvalue weighted by Gasteiger charge is -2.68. The Kier molecular flexibility index (Phi) is 8.46. The average Bonchev–Trinajstić information content (AvgIpc) is 3.39. The van der Waals surface area contributed by atoms with E-state index >= 15 is 0 Å². The van der Waals surface area contributed by atoms with Crippen molar-refractivity contribution in [3.63, 3.8) is 0 Å². The Bertz CT molecular complexity index is 1180. The monoisotopic (exact) mass is 592 g/mol. The van der Waals surface area contributed by atoms with Gasteiger partial charge in [0, 0.05) is 24.4 Å². The summed E-state index contributed by atoms with van der Waals surface area (Å²) in [5, 5.41) is 13.6. The fourth-order valence-electron chi connectivity index (χ4n) is 12.0. The molecule has 4 nitrogen and oxygen atoms in total. The first-order chi connectivity index (χ1) is 20.1. The van der Waals surface area contributed by atoms with Crippen LogP contribution >= 0.6 is 11.9 Å². The first kappa shape index (κ1) is 30.7. The van der Waals surface area contributed by atoms with Crippen molar-refractivity contribution in [2.24, 2.45) is 45.8 Å². The molecule has 0 saturated heterocycles. The van der Waals surface area contributed by atoms with E-state index in [1.807, 2.05) is 24.1 Å². The third-order valence-electron chi connectivity index (χ3n) is 13.6. The van der Waals surface area contributed by atoms with Gasteiger partial charge in [0.25, 0.3) is 0 Å². The van der Waals surface area contributed by atoms with Crippen LogP contribution in [0.3, 0.4) is 0 Å². The Hall–Kier alpha value is -1.30. The lowest BCUT2D eigenvalue weighted by atomic mass is 9.37. The summed E-state index contributed by atoms with van der Waals surface area (Å²) in [7, 11) is 0. The highest BCUT2D eigenvalue weighted by Crippen LogP contribution is 2.72. The minimum absolute atomic E-state index is 0.0798. The highest BCUT2D eigenvalue weighted by Gasteiger charge is 2.65. The lowest BCUT2D eigenvalue weighted by Crippen LogP contribution is -2.63. The molecular formula is C37H56N2O2S. The summed E-state index contributed by atoms with van der Waals surface area (Å²) in [6.07, 6.45) is 17.5. The van der Waals surface area contributed by atoms with Crippen molar-refractivity contribution < 1.29 is 9.90 Å². The van der Waals surface area contributed by atoms with Gasteiger partial charge in [-0.25, -0.2) is 4.79 Å². The number of allylic oxidation sites excluding steroid dienone is 2. The van der Waals surface area contributed by atoms with Crippen LogP contribution in [0.2, 0.25) is 0 Å². The van der Waals surface area contributed by atoms with Crippen molar-refractivity contribution in [3.8, 4) is 0 Å². The number of carboxylic acid groups (broad SMARTS) is 1. The molecule has 1 aromatic carbocycles. The summed E-state index contributed by atoms with van der Waals surface area (Å²) in [5.74, 6) is 4.44. The molecule has 5 aliphatic carbocycles. The molecule has 1 aromatic rings. The van der Waals surface area contributed by atoms with Crippen LogP contribution in [-0.2, 0) is 0 Å². The van der Waals surface area contributed by atoms with Crippen molar-refractivity contribution in [2.45, 2.75) is 111 Å². The number of rotatable bonds is 9. The van der Waals surface area contributed by atoms with Gasteiger partial charge < -0.3 is 10.4 Å². The molecule has 0 bridgehead atoms. The van der Waals surface area contributed by atoms with Crippen LogP contribution in [0, 0.1) is 45.8 Å². The number of aromatic carboxylic acids is 1. The summed E-state index contributed by atoms with van der Waals surface area (Å²) in [6, 6.07) is 7.65. The predicted molar refractivity (Wildman–Crippen MR) is 176 cm³/mol. The number of hydrogen-bond acceptors (Lipinski definition) is 4. The van der Waals surface area contributed by atoms with Gasteiger partial charge in [-0.3, -0.25) is 4.72 Å². The van der Waals surface area contributed by atoms with Gasteiger partial charge in [-0.15, -0.1) is 0 Å². The molecule has 4 unspecified atom stereocenters. The number of carboxylic acids is 1. The van der Waals surface area contributed by atoms with Crippen LogP contribution in [0.25, 0.3) is 5.57 Å². The molecule has 0 amide bonds. The minimum Gasteiger partial charge on any atom is -0.478 e. The van der Waals surface area contributed by atoms with Crippen LogP contribution in [0.5, 0.6) is 0 Å². The summed E-state index contributed by atoms with van der Waals surface area (Å²) >= 11 is 1.89. The van der Waals surface area contributed by atoms with E-state index in [1.54, 1.807) is 12.1 Å². The molecule has 4 fully saturated rings. The maximum Gasteiger partial charge on any atom is 0.335 e. The van der Waals surface area contributed by atoms with Crippen molar-refractivity contribution >= 4 is 23.5 Å². The highest BCUT2D eigenvalue weighted by atomic mass is 32.2. The van der Waals surface area contributed by atoms with E-state index in [-0.39, 0.29) is 5.41 Å². The fraction of sp³-hybridized carbons (Fsp3) is 0.757. The van der Waals surface area contributed by atoms with Gasteiger partial charge in [0.2, 0.25) is 0 Å². The topological polar surface area (TPSA) is 61.4 Å². The lowest BCUT2D eigenvalue weighted by molar-refractivity contribution is -0.172. The molecule has 0 radical (unpaired) electrons. The molecule has 3 N–H and O–H groups in total. The van der Waals surface area contributed by atoms with Crippen molar-refractivity contribution in [3.05, 3.63) is 41.5 Å². The predicted octanol–water partition coefficient (Wildman–Crippen LogP) is 8.83. The van der Waals surface area contributed by atoms with Gasteiger partial charge in [0.15, 0.2) is 0 Å².